The third kappa shape index (κ3) is 3.70. The number of carbonyl (C=O) groups excluding carboxylic acids is 1. The van der Waals surface area contributed by atoms with Crippen LogP contribution in [0.2, 0.25) is 0 Å². The van der Waals surface area contributed by atoms with Crippen LogP contribution in [0.25, 0.3) is 0 Å². The minimum absolute atomic E-state index is 0.252. The van der Waals surface area contributed by atoms with Gasteiger partial charge in [-0.05, 0) is 58.1 Å². The fraction of sp³-hybridized carbons (Fsp3) is 0.235. The van der Waals surface area contributed by atoms with Crippen LogP contribution < -0.4 is 5.32 Å². The molecule has 0 aliphatic carbocycles. The van der Waals surface area contributed by atoms with Crippen LogP contribution in [0, 0.1) is 5.82 Å². The number of anilines is 1. The molecule has 21 heavy (non-hydrogen) atoms. The molecule has 1 unspecified atom stereocenters. The molecule has 2 rings (SSSR count). The van der Waals surface area contributed by atoms with Crippen molar-refractivity contribution < 1.29 is 9.18 Å². The van der Waals surface area contributed by atoms with Gasteiger partial charge >= 0.3 is 0 Å². The number of halogens is 2. The van der Waals surface area contributed by atoms with Crippen molar-refractivity contribution in [1.82, 2.24) is 0 Å². The highest BCUT2D eigenvalue weighted by molar-refractivity contribution is 9.10. The van der Waals surface area contributed by atoms with Gasteiger partial charge in [-0.3, -0.25) is 4.79 Å². The Labute approximate surface area is 132 Å². The first-order valence-corrected chi connectivity index (χ1v) is 7.67. The first-order chi connectivity index (χ1) is 10.0. The molecule has 1 N–H and O–H groups in total. The van der Waals surface area contributed by atoms with Crippen LogP contribution >= 0.6 is 15.9 Å². The maximum absolute atomic E-state index is 13.1. The van der Waals surface area contributed by atoms with E-state index in [0.717, 1.165) is 17.7 Å². The molecule has 1 amide bonds. The lowest BCUT2D eigenvalue weighted by Crippen LogP contribution is -2.14. The molecule has 0 aliphatic rings. The maximum atomic E-state index is 13.1. The quantitative estimate of drug-likeness (QED) is 0.791. The Kier molecular flexibility index (Phi) is 5.12. The number of nitrogens with one attached hydrogen (secondary N) is 1. The molecular weight excluding hydrogens is 333 g/mol. The highest BCUT2D eigenvalue weighted by Gasteiger charge is 2.14. The van der Waals surface area contributed by atoms with Crippen molar-refractivity contribution in [2.45, 2.75) is 26.2 Å². The minimum atomic E-state index is -0.376. The average molecular weight is 350 g/mol. The van der Waals surface area contributed by atoms with Gasteiger partial charge in [-0.2, -0.15) is 0 Å². The predicted molar refractivity (Wildman–Crippen MR) is 87.2 cm³/mol. The Hall–Kier alpha value is -1.68. The normalized spacial score (nSPS) is 12.0. The van der Waals surface area contributed by atoms with E-state index in [2.05, 4.69) is 35.1 Å². The van der Waals surface area contributed by atoms with Gasteiger partial charge in [-0.25, -0.2) is 4.39 Å². The zero-order valence-corrected chi connectivity index (χ0v) is 13.6. The zero-order valence-electron chi connectivity index (χ0n) is 12.0. The minimum Gasteiger partial charge on any atom is -0.322 e. The van der Waals surface area contributed by atoms with Crippen LogP contribution in [0.3, 0.4) is 0 Å². The fourth-order valence-corrected chi connectivity index (χ4v) is 2.65. The summed E-state index contributed by atoms with van der Waals surface area (Å²) < 4.78 is 13.5. The van der Waals surface area contributed by atoms with Gasteiger partial charge in [0.1, 0.15) is 5.82 Å². The van der Waals surface area contributed by atoms with Crippen molar-refractivity contribution in [2.75, 3.05) is 5.32 Å². The van der Waals surface area contributed by atoms with Crippen molar-refractivity contribution in [3.05, 3.63) is 63.9 Å². The highest BCUT2D eigenvalue weighted by Crippen LogP contribution is 2.27. The molecular formula is C17H17BrFNO. The second kappa shape index (κ2) is 6.85. The number of amides is 1. The third-order valence-corrected chi connectivity index (χ3v) is 4.18. The summed E-state index contributed by atoms with van der Waals surface area (Å²) >= 11 is 3.22. The molecule has 0 saturated carbocycles. The molecule has 0 radical (unpaired) electrons. The van der Waals surface area contributed by atoms with E-state index in [1.165, 1.54) is 18.2 Å². The number of hydrogen-bond acceptors (Lipinski definition) is 1. The number of benzene rings is 2. The van der Waals surface area contributed by atoms with E-state index in [1.807, 2.05) is 24.3 Å². The lowest BCUT2D eigenvalue weighted by Gasteiger charge is -2.16. The van der Waals surface area contributed by atoms with E-state index in [-0.39, 0.29) is 11.7 Å². The summed E-state index contributed by atoms with van der Waals surface area (Å²) in [4.78, 5) is 12.3. The van der Waals surface area contributed by atoms with Crippen LogP contribution in [-0.2, 0) is 0 Å². The van der Waals surface area contributed by atoms with Gasteiger partial charge in [0.05, 0.1) is 5.56 Å². The molecule has 0 aliphatic heterocycles. The summed E-state index contributed by atoms with van der Waals surface area (Å²) in [7, 11) is 0. The molecule has 4 heteroatoms. The van der Waals surface area contributed by atoms with Crippen LogP contribution in [0.5, 0.6) is 0 Å². The smallest absolute Gasteiger partial charge is 0.256 e. The summed E-state index contributed by atoms with van der Waals surface area (Å²) in [6.45, 7) is 4.23. The summed E-state index contributed by atoms with van der Waals surface area (Å²) in [5.74, 6) is -0.269. The SMILES string of the molecule is CCC(C)c1ccccc1NC(=O)c1ccc(F)cc1Br. The molecule has 110 valence electrons. The Morgan fingerprint density at radius 2 is 2.00 bits per heavy atom. The molecule has 0 bridgehead atoms. The lowest BCUT2D eigenvalue weighted by molar-refractivity contribution is 0.102. The highest BCUT2D eigenvalue weighted by atomic mass is 79.9. The molecule has 0 aromatic heterocycles. The Balaban J connectivity index is 2.28. The second-order valence-electron chi connectivity index (χ2n) is 4.97. The molecule has 2 aromatic carbocycles. The molecule has 0 fully saturated rings. The van der Waals surface area contributed by atoms with E-state index in [1.54, 1.807) is 0 Å². The first-order valence-electron chi connectivity index (χ1n) is 6.88. The summed E-state index contributed by atoms with van der Waals surface area (Å²) in [6.07, 6.45) is 0.993. The average Bonchev–Trinajstić information content (AvgIpc) is 2.46. The van der Waals surface area contributed by atoms with Crippen LogP contribution in [0.4, 0.5) is 10.1 Å². The van der Waals surface area contributed by atoms with E-state index in [9.17, 15) is 9.18 Å². The first kappa shape index (κ1) is 15.7. The second-order valence-corrected chi connectivity index (χ2v) is 5.83. The van der Waals surface area contributed by atoms with E-state index in [0.29, 0.717) is 16.0 Å². The zero-order chi connectivity index (χ0) is 15.4. The largest absolute Gasteiger partial charge is 0.322 e. The number of para-hydroxylation sites is 1. The third-order valence-electron chi connectivity index (χ3n) is 3.53. The lowest BCUT2D eigenvalue weighted by atomic mass is 9.97. The maximum Gasteiger partial charge on any atom is 0.256 e. The molecule has 2 aromatic rings. The Bertz CT molecular complexity index is 657. The van der Waals surface area contributed by atoms with Crippen molar-refractivity contribution in [3.8, 4) is 0 Å². The van der Waals surface area contributed by atoms with Gasteiger partial charge in [-0.1, -0.05) is 32.0 Å². The van der Waals surface area contributed by atoms with Gasteiger partial charge in [0.25, 0.3) is 5.91 Å². The van der Waals surface area contributed by atoms with E-state index < -0.39 is 0 Å². The summed E-state index contributed by atoms with van der Waals surface area (Å²) in [6, 6.07) is 11.8. The fourth-order valence-electron chi connectivity index (χ4n) is 2.12. The van der Waals surface area contributed by atoms with Crippen molar-refractivity contribution in [1.29, 1.82) is 0 Å². The molecule has 2 nitrogen and oxygen atoms in total. The monoisotopic (exact) mass is 349 g/mol. The van der Waals surface area contributed by atoms with E-state index in [4.69, 9.17) is 0 Å². The van der Waals surface area contributed by atoms with Crippen LogP contribution in [0.15, 0.2) is 46.9 Å². The molecule has 0 spiro atoms. The molecule has 1 atom stereocenters. The van der Waals surface area contributed by atoms with Gasteiger partial charge in [0.2, 0.25) is 0 Å². The van der Waals surface area contributed by atoms with Gasteiger partial charge < -0.3 is 5.32 Å². The van der Waals surface area contributed by atoms with Crippen molar-refractivity contribution in [3.63, 3.8) is 0 Å². The number of carbonyl (C=O) groups is 1. The summed E-state index contributed by atoms with van der Waals surface area (Å²) in [5.41, 5.74) is 2.31. The Morgan fingerprint density at radius 1 is 1.29 bits per heavy atom. The standard InChI is InChI=1S/C17H17BrFNO/c1-3-11(2)13-6-4-5-7-16(13)20-17(21)14-9-8-12(19)10-15(14)18/h4-11H,3H2,1-2H3,(H,20,21). The van der Waals surface area contributed by atoms with Gasteiger partial charge in [-0.15, -0.1) is 0 Å². The van der Waals surface area contributed by atoms with Gasteiger partial charge in [0, 0.05) is 10.2 Å². The predicted octanol–water partition coefficient (Wildman–Crippen LogP) is 5.35. The topological polar surface area (TPSA) is 29.1 Å². The van der Waals surface area contributed by atoms with Gasteiger partial charge in [0.15, 0.2) is 0 Å². The summed E-state index contributed by atoms with van der Waals surface area (Å²) in [5, 5.41) is 2.91. The Morgan fingerprint density at radius 3 is 2.67 bits per heavy atom. The number of hydrogen-bond donors (Lipinski definition) is 1. The molecule has 0 heterocycles. The van der Waals surface area contributed by atoms with E-state index >= 15 is 0 Å². The van der Waals surface area contributed by atoms with Crippen LogP contribution in [0.1, 0.15) is 42.1 Å². The number of rotatable bonds is 4. The van der Waals surface area contributed by atoms with Crippen molar-refractivity contribution in [2.24, 2.45) is 0 Å². The van der Waals surface area contributed by atoms with Crippen LogP contribution in [-0.4, -0.2) is 5.91 Å². The molecule has 0 saturated heterocycles. The van der Waals surface area contributed by atoms with Crippen molar-refractivity contribution >= 4 is 27.5 Å².